The van der Waals surface area contributed by atoms with E-state index in [9.17, 15) is 18.3 Å². The summed E-state index contributed by atoms with van der Waals surface area (Å²) in [4.78, 5) is 0. The minimum atomic E-state index is -4.57. The molecule has 0 amide bonds. The molecule has 0 fully saturated rings. The molecule has 1 unspecified atom stereocenters. The van der Waals surface area contributed by atoms with Crippen LogP contribution in [0.25, 0.3) is 0 Å². The highest BCUT2D eigenvalue weighted by Crippen LogP contribution is 2.38. The molecule has 0 bridgehead atoms. The molecule has 21 heavy (non-hydrogen) atoms. The van der Waals surface area contributed by atoms with Crippen LogP contribution in [0.1, 0.15) is 22.8 Å². The van der Waals surface area contributed by atoms with Gasteiger partial charge in [0.05, 0.1) is 15.6 Å². The molecule has 1 atom stereocenters. The van der Waals surface area contributed by atoms with Crippen LogP contribution in [0.3, 0.4) is 0 Å². The summed E-state index contributed by atoms with van der Waals surface area (Å²) in [6.07, 6.45) is -6.03. The predicted octanol–water partition coefficient (Wildman–Crippen LogP) is 5.86. The van der Waals surface area contributed by atoms with Gasteiger partial charge >= 0.3 is 6.18 Å². The fraction of sp³-hybridized carbons (Fsp3) is 0.143. The van der Waals surface area contributed by atoms with E-state index in [1.165, 1.54) is 30.3 Å². The van der Waals surface area contributed by atoms with Crippen molar-refractivity contribution < 1.29 is 18.3 Å². The van der Waals surface area contributed by atoms with Crippen LogP contribution in [-0.2, 0) is 6.18 Å². The number of hydrogen-bond acceptors (Lipinski definition) is 1. The van der Waals surface area contributed by atoms with E-state index in [1.54, 1.807) is 0 Å². The molecule has 0 saturated heterocycles. The summed E-state index contributed by atoms with van der Waals surface area (Å²) in [5.41, 5.74) is -0.920. The van der Waals surface area contributed by atoms with Gasteiger partial charge in [-0.1, -0.05) is 51.3 Å². The van der Waals surface area contributed by atoms with E-state index in [0.717, 1.165) is 6.07 Å². The summed E-state index contributed by atoms with van der Waals surface area (Å²) < 4.78 is 39.5. The molecule has 112 valence electrons. The lowest BCUT2D eigenvalue weighted by molar-refractivity contribution is -0.139. The molecule has 0 heterocycles. The molecule has 2 aromatic carbocycles. The number of aliphatic hydroxyl groups excluding tert-OH is 1. The third-order valence-electron chi connectivity index (χ3n) is 2.87. The SMILES string of the molecule is OC(c1ccc(Cl)c(Cl)c1)c1ccc(Br)cc1C(F)(F)F. The van der Waals surface area contributed by atoms with Crippen LogP contribution in [0.2, 0.25) is 10.0 Å². The molecule has 1 N–H and O–H groups in total. The van der Waals surface area contributed by atoms with E-state index in [2.05, 4.69) is 15.9 Å². The highest BCUT2D eigenvalue weighted by atomic mass is 79.9. The summed E-state index contributed by atoms with van der Waals surface area (Å²) in [7, 11) is 0. The van der Waals surface area contributed by atoms with E-state index in [-0.39, 0.29) is 25.6 Å². The summed E-state index contributed by atoms with van der Waals surface area (Å²) in [6.45, 7) is 0. The number of halogens is 6. The number of aliphatic hydroxyl groups is 1. The zero-order valence-corrected chi connectivity index (χ0v) is 13.4. The Morgan fingerprint density at radius 2 is 1.67 bits per heavy atom. The maximum absolute atomic E-state index is 13.1. The lowest BCUT2D eigenvalue weighted by Crippen LogP contribution is -2.13. The molecule has 0 saturated carbocycles. The minimum absolute atomic E-state index is 0.166. The molecule has 1 nitrogen and oxygen atoms in total. The molecule has 7 heteroatoms. The number of benzene rings is 2. The summed E-state index contributed by atoms with van der Waals surface area (Å²) in [6, 6.07) is 7.79. The number of alkyl halides is 3. The van der Waals surface area contributed by atoms with E-state index < -0.39 is 17.8 Å². The zero-order valence-electron chi connectivity index (χ0n) is 10.3. The Bertz CT molecular complexity index is 674. The second kappa shape index (κ2) is 6.16. The number of hydrogen-bond donors (Lipinski definition) is 1. The van der Waals surface area contributed by atoms with Crippen molar-refractivity contribution in [2.24, 2.45) is 0 Å². The van der Waals surface area contributed by atoms with Crippen molar-refractivity contribution in [2.45, 2.75) is 12.3 Å². The van der Waals surface area contributed by atoms with Crippen LogP contribution in [-0.4, -0.2) is 5.11 Å². The van der Waals surface area contributed by atoms with Crippen molar-refractivity contribution in [3.05, 3.63) is 67.6 Å². The van der Waals surface area contributed by atoms with Gasteiger partial charge in [0.1, 0.15) is 6.10 Å². The second-order valence-electron chi connectivity index (χ2n) is 4.31. The van der Waals surface area contributed by atoms with Gasteiger partial charge < -0.3 is 5.11 Å². The van der Waals surface area contributed by atoms with Crippen molar-refractivity contribution in [1.29, 1.82) is 0 Å². The minimum Gasteiger partial charge on any atom is -0.384 e. The van der Waals surface area contributed by atoms with E-state index >= 15 is 0 Å². The van der Waals surface area contributed by atoms with Gasteiger partial charge in [-0.05, 0) is 35.4 Å². The molecule has 0 aliphatic carbocycles. The summed E-state index contributed by atoms with van der Waals surface area (Å²) in [5.74, 6) is 0. The monoisotopic (exact) mass is 398 g/mol. The largest absolute Gasteiger partial charge is 0.416 e. The Labute approximate surface area is 137 Å². The maximum Gasteiger partial charge on any atom is 0.416 e. The average molecular weight is 400 g/mol. The summed E-state index contributed by atoms with van der Waals surface area (Å²) in [5, 5.41) is 10.7. The van der Waals surface area contributed by atoms with Gasteiger partial charge in [-0.15, -0.1) is 0 Å². The van der Waals surface area contributed by atoms with Crippen LogP contribution in [0.15, 0.2) is 40.9 Å². The molecule has 0 aliphatic heterocycles. The molecular weight excluding hydrogens is 392 g/mol. The van der Waals surface area contributed by atoms with Gasteiger partial charge in [-0.25, -0.2) is 0 Å². The smallest absolute Gasteiger partial charge is 0.384 e. The lowest BCUT2D eigenvalue weighted by atomic mass is 9.96. The van der Waals surface area contributed by atoms with Gasteiger partial charge in [0, 0.05) is 4.47 Å². The van der Waals surface area contributed by atoms with Crippen LogP contribution in [0.5, 0.6) is 0 Å². The molecule has 0 aromatic heterocycles. The van der Waals surface area contributed by atoms with Gasteiger partial charge in [-0.3, -0.25) is 0 Å². The average Bonchev–Trinajstić information content (AvgIpc) is 2.40. The first kappa shape index (κ1) is 16.6. The topological polar surface area (TPSA) is 20.2 Å². The standard InChI is InChI=1S/C14H8BrCl2F3O/c15-8-2-3-9(10(6-8)14(18,19)20)13(21)7-1-4-11(16)12(17)5-7/h1-6,13,21H. The molecule has 0 radical (unpaired) electrons. The van der Waals surface area contributed by atoms with Gasteiger partial charge in [0.15, 0.2) is 0 Å². The Hall–Kier alpha value is -0.750. The van der Waals surface area contributed by atoms with Gasteiger partial charge in [0.25, 0.3) is 0 Å². The first-order valence-corrected chi connectivity index (χ1v) is 7.24. The highest BCUT2D eigenvalue weighted by molar-refractivity contribution is 9.10. The molecule has 2 rings (SSSR count). The molecule has 2 aromatic rings. The van der Waals surface area contributed by atoms with E-state index in [0.29, 0.717) is 0 Å². The molecule has 0 aliphatic rings. The van der Waals surface area contributed by atoms with Crippen molar-refractivity contribution in [1.82, 2.24) is 0 Å². The molecule has 0 spiro atoms. The third-order valence-corrected chi connectivity index (χ3v) is 4.11. The highest BCUT2D eigenvalue weighted by Gasteiger charge is 2.35. The molecular formula is C14H8BrCl2F3O. The Morgan fingerprint density at radius 3 is 2.24 bits per heavy atom. The Balaban J connectivity index is 2.52. The van der Waals surface area contributed by atoms with Crippen LogP contribution < -0.4 is 0 Å². The van der Waals surface area contributed by atoms with Crippen LogP contribution in [0.4, 0.5) is 13.2 Å². The maximum atomic E-state index is 13.1. The lowest BCUT2D eigenvalue weighted by Gasteiger charge is -2.18. The van der Waals surface area contributed by atoms with E-state index in [1.807, 2.05) is 0 Å². The Kier molecular flexibility index (Phi) is 4.88. The second-order valence-corrected chi connectivity index (χ2v) is 6.04. The van der Waals surface area contributed by atoms with Gasteiger partial charge in [0.2, 0.25) is 0 Å². The summed E-state index contributed by atoms with van der Waals surface area (Å²) >= 11 is 14.6. The third kappa shape index (κ3) is 3.72. The van der Waals surface area contributed by atoms with Crippen molar-refractivity contribution in [3.8, 4) is 0 Å². The first-order chi connectivity index (χ1) is 9.70. The fourth-order valence-corrected chi connectivity index (χ4v) is 2.54. The van der Waals surface area contributed by atoms with Gasteiger partial charge in [-0.2, -0.15) is 13.2 Å². The van der Waals surface area contributed by atoms with Crippen molar-refractivity contribution in [2.75, 3.05) is 0 Å². The van der Waals surface area contributed by atoms with Crippen LogP contribution >= 0.6 is 39.1 Å². The predicted molar refractivity (Wildman–Crippen MR) is 79.7 cm³/mol. The zero-order chi connectivity index (χ0) is 15.8. The fourth-order valence-electron chi connectivity index (χ4n) is 1.87. The van der Waals surface area contributed by atoms with Crippen molar-refractivity contribution >= 4 is 39.1 Å². The number of rotatable bonds is 2. The van der Waals surface area contributed by atoms with Crippen molar-refractivity contribution in [3.63, 3.8) is 0 Å². The van der Waals surface area contributed by atoms with E-state index in [4.69, 9.17) is 23.2 Å². The first-order valence-electron chi connectivity index (χ1n) is 5.70. The normalized spacial score (nSPS) is 13.3. The quantitative estimate of drug-likeness (QED) is 0.670. The Morgan fingerprint density at radius 1 is 1.00 bits per heavy atom. The van der Waals surface area contributed by atoms with Crippen LogP contribution in [0, 0.1) is 0 Å².